The van der Waals surface area contributed by atoms with E-state index in [1.54, 1.807) is 24.3 Å². The van der Waals surface area contributed by atoms with Crippen LogP contribution < -0.4 is 0 Å². The highest BCUT2D eigenvalue weighted by molar-refractivity contribution is 6.21. The van der Waals surface area contributed by atoms with Crippen LogP contribution in [0.3, 0.4) is 0 Å². The molecule has 0 bridgehead atoms. The van der Waals surface area contributed by atoms with Crippen LogP contribution in [0.2, 0.25) is 0 Å². The fourth-order valence-corrected chi connectivity index (χ4v) is 2.47. The smallest absolute Gasteiger partial charge is 0.261 e. The average molecular weight is 268 g/mol. The molecule has 5 heteroatoms. The molecule has 2 amide bonds. The van der Waals surface area contributed by atoms with Gasteiger partial charge < -0.3 is 0 Å². The van der Waals surface area contributed by atoms with Crippen LogP contribution in [-0.4, -0.2) is 29.0 Å². The van der Waals surface area contributed by atoms with E-state index in [2.05, 4.69) is 0 Å². The quantitative estimate of drug-likeness (QED) is 0.776. The second-order valence-electron chi connectivity index (χ2n) is 5.17. The van der Waals surface area contributed by atoms with Crippen molar-refractivity contribution in [2.45, 2.75) is 19.3 Å². The van der Waals surface area contributed by atoms with Gasteiger partial charge in [0.2, 0.25) is 0 Å². The molecule has 0 aromatic heterocycles. The second-order valence-corrected chi connectivity index (χ2v) is 5.17. The van der Waals surface area contributed by atoms with Gasteiger partial charge in [-0.05, 0) is 25.0 Å². The van der Waals surface area contributed by atoms with E-state index in [-0.39, 0.29) is 30.6 Å². The number of benzene rings is 1. The Bertz CT molecular complexity index is 633. The number of carbonyl (C=O) groups excluding carboxylic acids is 3. The molecule has 1 saturated carbocycles. The first-order valence-corrected chi connectivity index (χ1v) is 6.49. The summed E-state index contributed by atoms with van der Waals surface area (Å²) in [7, 11) is 0. The van der Waals surface area contributed by atoms with E-state index >= 15 is 0 Å². The third-order valence-electron chi connectivity index (χ3n) is 3.94. The number of nitriles is 1. The minimum Gasteiger partial charge on any atom is -0.298 e. The van der Waals surface area contributed by atoms with Gasteiger partial charge in [-0.15, -0.1) is 0 Å². The Morgan fingerprint density at radius 3 is 2.20 bits per heavy atom. The highest BCUT2D eigenvalue weighted by Gasteiger charge is 2.50. The average Bonchev–Trinajstić information content (AvgIpc) is 3.23. The highest BCUT2D eigenvalue weighted by atomic mass is 16.2. The van der Waals surface area contributed by atoms with Crippen LogP contribution in [0.5, 0.6) is 0 Å². The topological polar surface area (TPSA) is 78.2 Å². The molecule has 1 fully saturated rings. The Hall–Kier alpha value is -2.48. The number of rotatable bonds is 4. The molecule has 1 aliphatic heterocycles. The van der Waals surface area contributed by atoms with Gasteiger partial charge in [0.25, 0.3) is 11.8 Å². The van der Waals surface area contributed by atoms with Crippen molar-refractivity contribution < 1.29 is 14.4 Å². The second kappa shape index (κ2) is 4.27. The van der Waals surface area contributed by atoms with E-state index in [0.717, 1.165) is 4.90 Å². The lowest BCUT2D eigenvalue weighted by molar-refractivity contribution is -0.122. The molecule has 0 spiro atoms. The molecule has 3 rings (SSSR count). The Morgan fingerprint density at radius 1 is 1.20 bits per heavy atom. The van der Waals surface area contributed by atoms with Crippen molar-refractivity contribution in [3.8, 4) is 6.07 Å². The van der Waals surface area contributed by atoms with Crippen LogP contribution >= 0.6 is 0 Å². The number of imide groups is 1. The summed E-state index contributed by atoms with van der Waals surface area (Å²) in [6, 6.07) is 8.65. The lowest BCUT2D eigenvalue weighted by Gasteiger charge is -2.14. The Kier molecular flexibility index (Phi) is 2.68. The lowest BCUT2D eigenvalue weighted by atomic mass is 10.0. The van der Waals surface area contributed by atoms with Gasteiger partial charge in [-0.3, -0.25) is 19.3 Å². The molecule has 20 heavy (non-hydrogen) atoms. The fraction of sp³-hybridized carbons (Fsp3) is 0.333. The van der Waals surface area contributed by atoms with Gasteiger partial charge in [0.05, 0.1) is 17.2 Å². The molecule has 0 radical (unpaired) electrons. The highest BCUT2D eigenvalue weighted by Crippen LogP contribution is 2.46. The van der Waals surface area contributed by atoms with Crippen LogP contribution in [0.25, 0.3) is 0 Å². The SMILES string of the molecule is N#CC1(C(=O)CCN2C(=O)c3ccccc3C2=O)CC1. The summed E-state index contributed by atoms with van der Waals surface area (Å²) in [5.74, 6) is -0.892. The summed E-state index contributed by atoms with van der Waals surface area (Å²) in [6.07, 6.45) is 1.23. The van der Waals surface area contributed by atoms with E-state index in [1.807, 2.05) is 6.07 Å². The zero-order valence-corrected chi connectivity index (χ0v) is 10.8. The number of Topliss-reactive ketones (excluding diaryl/α,β-unsaturated/α-hetero) is 1. The van der Waals surface area contributed by atoms with E-state index in [9.17, 15) is 14.4 Å². The first kappa shape index (κ1) is 12.5. The largest absolute Gasteiger partial charge is 0.298 e. The summed E-state index contributed by atoms with van der Waals surface area (Å²) in [6.45, 7) is 0.0502. The van der Waals surface area contributed by atoms with Gasteiger partial charge in [-0.25, -0.2) is 0 Å². The number of hydrogen-bond donors (Lipinski definition) is 0. The van der Waals surface area contributed by atoms with Gasteiger partial charge in [0.1, 0.15) is 5.41 Å². The van der Waals surface area contributed by atoms with Crippen LogP contribution in [0.4, 0.5) is 0 Å². The molecule has 0 atom stereocenters. The van der Waals surface area contributed by atoms with Gasteiger partial charge >= 0.3 is 0 Å². The zero-order valence-electron chi connectivity index (χ0n) is 10.8. The molecule has 1 aliphatic carbocycles. The van der Waals surface area contributed by atoms with Crippen molar-refractivity contribution in [1.29, 1.82) is 5.26 Å². The lowest BCUT2D eigenvalue weighted by Crippen LogP contribution is -2.33. The number of amides is 2. The van der Waals surface area contributed by atoms with Crippen molar-refractivity contribution in [1.82, 2.24) is 4.90 Å². The molecule has 2 aliphatic rings. The van der Waals surface area contributed by atoms with Crippen LogP contribution in [0.1, 0.15) is 40.0 Å². The third kappa shape index (κ3) is 1.73. The van der Waals surface area contributed by atoms with Gasteiger partial charge in [-0.2, -0.15) is 5.26 Å². The number of carbonyl (C=O) groups is 3. The molecule has 0 unspecified atom stereocenters. The van der Waals surface area contributed by atoms with Crippen molar-refractivity contribution in [3.63, 3.8) is 0 Å². The number of fused-ring (bicyclic) bond motifs is 1. The maximum Gasteiger partial charge on any atom is 0.261 e. The van der Waals surface area contributed by atoms with Gasteiger partial charge in [0.15, 0.2) is 5.78 Å². The number of hydrogen-bond acceptors (Lipinski definition) is 4. The summed E-state index contributed by atoms with van der Waals surface area (Å²) in [5, 5.41) is 8.95. The molecule has 5 nitrogen and oxygen atoms in total. The summed E-state index contributed by atoms with van der Waals surface area (Å²) < 4.78 is 0. The summed E-state index contributed by atoms with van der Waals surface area (Å²) in [5.41, 5.74) is -0.0867. The third-order valence-corrected chi connectivity index (χ3v) is 3.94. The maximum atomic E-state index is 12.1. The van der Waals surface area contributed by atoms with Gasteiger partial charge in [0, 0.05) is 13.0 Å². The summed E-state index contributed by atoms with van der Waals surface area (Å²) in [4.78, 5) is 37.2. The standard InChI is InChI=1S/C15H12N2O3/c16-9-15(6-7-15)12(18)5-8-17-13(19)10-3-1-2-4-11(10)14(17)20/h1-4H,5-8H2. The molecular formula is C15H12N2O3. The van der Waals surface area contributed by atoms with E-state index < -0.39 is 5.41 Å². The first-order chi connectivity index (χ1) is 9.59. The first-order valence-electron chi connectivity index (χ1n) is 6.49. The van der Waals surface area contributed by atoms with E-state index in [4.69, 9.17) is 5.26 Å². The van der Waals surface area contributed by atoms with Crippen LogP contribution in [0, 0.1) is 16.7 Å². The normalized spacial score (nSPS) is 18.6. The minimum atomic E-state index is -0.849. The van der Waals surface area contributed by atoms with Crippen LogP contribution in [0.15, 0.2) is 24.3 Å². The Morgan fingerprint density at radius 2 is 1.75 bits per heavy atom. The minimum absolute atomic E-state index is 0.0502. The maximum absolute atomic E-state index is 12.1. The summed E-state index contributed by atoms with van der Waals surface area (Å²) >= 11 is 0. The van der Waals surface area contributed by atoms with E-state index in [0.29, 0.717) is 24.0 Å². The Balaban J connectivity index is 1.72. The van der Waals surface area contributed by atoms with Crippen LogP contribution in [-0.2, 0) is 4.79 Å². The van der Waals surface area contributed by atoms with Gasteiger partial charge in [-0.1, -0.05) is 12.1 Å². The van der Waals surface area contributed by atoms with Crippen molar-refractivity contribution >= 4 is 17.6 Å². The molecule has 0 N–H and O–H groups in total. The molecule has 1 heterocycles. The molecular weight excluding hydrogens is 256 g/mol. The van der Waals surface area contributed by atoms with Crippen molar-refractivity contribution in [2.75, 3.05) is 6.54 Å². The molecule has 1 aromatic rings. The Labute approximate surface area is 115 Å². The number of nitrogens with zero attached hydrogens (tertiary/aromatic N) is 2. The number of ketones is 1. The van der Waals surface area contributed by atoms with E-state index in [1.165, 1.54) is 0 Å². The zero-order chi connectivity index (χ0) is 14.3. The predicted octanol–water partition coefficient (Wildman–Crippen LogP) is 1.55. The monoisotopic (exact) mass is 268 g/mol. The van der Waals surface area contributed by atoms with Crippen molar-refractivity contribution in [2.24, 2.45) is 5.41 Å². The molecule has 1 aromatic carbocycles. The molecule has 100 valence electrons. The van der Waals surface area contributed by atoms with Crippen molar-refractivity contribution in [3.05, 3.63) is 35.4 Å². The predicted molar refractivity (Wildman–Crippen MR) is 68.7 cm³/mol. The fourth-order valence-electron chi connectivity index (χ4n) is 2.47. The molecule has 0 saturated heterocycles.